The molecule has 0 aromatic heterocycles. The molecule has 1 aromatic rings. The first kappa shape index (κ1) is 19.1. The maximum Gasteiger partial charge on any atom is 0.224 e. The zero-order chi connectivity index (χ0) is 15.4. The summed E-state index contributed by atoms with van der Waals surface area (Å²) in [6.45, 7) is 0. The summed E-state index contributed by atoms with van der Waals surface area (Å²) < 4.78 is 11.2. The smallest absolute Gasteiger partial charge is 0.224 e. The number of ether oxygens (including phenoxy) is 2. The van der Waals surface area contributed by atoms with Gasteiger partial charge in [0, 0.05) is 29.1 Å². The Bertz CT molecular complexity index is 528. The number of carbonyl (C=O) groups excluding carboxylic acids is 1. The Labute approximate surface area is 145 Å². The number of halogens is 2. The molecule has 1 aliphatic rings. The molecule has 124 valence electrons. The molecular formula is C15H22BrClN2O3. The number of amides is 1. The minimum absolute atomic E-state index is 0. The van der Waals surface area contributed by atoms with Crippen LogP contribution in [0.25, 0.3) is 0 Å². The molecule has 1 aliphatic carbocycles. The zero-order valence-electron chi connectivity index (χ0n) is 12.7. The Hall–Kier alpha value is -0.980. The van der Waals surface area contributed by atoms with Crippen LogP contribution in [0.3, 0.4) is 0 Å². The Morgan fingerprint density at radius 1 is 1.32 bits per heavy atom. The number of nitrogens with two attached hydrogens (primary N) is 1. The third-order valence-corrected chi connectivity index (χ3v) is 4.57. The van der Waals surface area contributed by atoms with Crippen LogP contribution in [-0.4, -0.2) is 26.2 Å². The van der Waals surface area contributed by atoms with Gasteiger partial charge in [0.1, 0.15) is 0 Å². The molecule has 0 heterocycles. The van der Waals surface area contributed by atoms with Crippen LogP contribution in [0.1, 0.15) is 25.7 Å². The topological polar surface area (TPSA) is 73.6 Å². The molecular weight excluding hydrogens is 372 g/mol. The number of carbonyl (C=O) groups is 1. The van der Waals surface area contributed by atoms with Crippen LogP contribution in [0.15, 0.2) is 16.6 Å². The average Bonchev–Trinajstić information content (AvgIpc) is 2.85. The fourth-order valence-electron chi connectivity index (χ4n) is 2.71. The Balaban J connectivity index is 0.00000242. The lowest BCUT2D eigenvalue weighted by atomic mass is 10.00. The molecule has 0 radical (unpaired) electrons. The van der Waals surface area contributed by atoms with Crippen molar-refractivity contribution in [2.45, 2.75) is 31.7 Å². The van der Waals surface area contributed by atoms with Crippen molar-refractivity contribution in [3.8, 4) is 11.5 Å². The van der Waals surface area contributed by atoms with E-state index in [4.69, 9.17) is 15.2 Å². The third kappa shape index (κ3) is 4.51. The van der Waals surface area contributed by atoms with Crippen LogP contribution < -0.4 is 20.5 Å². The van der Waals surface area contributed by atoms with Gasteiger partial charge in [-0.3, -0.25) is 4.79 Å². The molecule has 2 rings (SSSR count). The first-order valence-corrected chi connectivity index (χ1v) is 7.81. The van der Waals surface area contributed by atoms with Gasteiger partial charge in [0.2, 0.25) is 5.91 Å². The lowest BCUT2D eigenvalue weighted by molar-refractivity contribution is -0.117. The molecule has 1 saturated carbocycles. The van der Waals surface area contributed by atoms with E-state index in [-0.39, 0.29) is 30.3 Å². The second-order valence-electron chi connectivity index (χ2n) is 5.29. The number of methoxy groups -OCH3 is 2. The fourth-order valence-corrected chi connectivity index (χ4v) is 3.13. The molecule has 7 heteroatoms. The summed E-state index contributed by atoms with van der Waals surface area (Å²) in [6, 6.07) is 3.66. The maximum absolute atomic E-state index is 12.2. The molecule has 1 fully saturated rings. The van der Waals surface area contributed by atoms with Gasteiger partial charge >= 0.3 is 0 Å². The van der Waals surface area contributed by atoms with Crippen molar-refractivity contribution >= 4 is 39.9 Å². The van der Waals surface area contributed by atoms with Gasteiger partial charge in [-0.05, 0) is 34.7 Å². The standard InChI is InChI=1S/C15H21BrN2O3.ClH/c1-20-13-7-10(16)12(8-14(13)21-2)18-15(19)6-9-4-3-5-11(9)17;/h7-9,11H,3-6,17H2,1-2H3,(H,18,19);1H/t9-,11+;/m0./s1. The predicted molar refractivity (Wildman–Crippen MR) is 93.1 cm³/mol. The molecule has 0 bridgehead atoms. The fraction of sp³-hybridized carbons (Fsp3) is 0.533. The van der Waals surface area contributed by atoms with E-state index in [1.165, 1.54) is 0 Å². The lowest BCUT2D eigenvalue weighted by Gasteiger charge is -2.16. The first-order chi connectivity index (χ1) is 10.0. The van der Waals surface area contributed by atoms with Crippen molar-refractivity contribution in [2.24, 2.45) is 11.7 Å². The van der Waals surface area contributed by atoms with Gasteiger partial charge in [-0.15, -0.1) is 12.4 Å². The Kier molecular flexibility index (Phi) is 7.45. The minimum atomic E-state index is -0.0229. The maximum atomic E-state index is 12.2. The lowest BCUT2D eigenvalue weighted by Crippen LogP contribution is -2.28. The molecule has 2 atom stereocenters. The number of nitrogens with one attached hydrogen (secondary N) is 1. The summed E-state index contributed by atoms with van der Waals surface area (Å²) in [4.78, 5) is 12.2. The van der Waals surface area contributed by atoms with Crippen LogP contribution in [0.5, 0.6) is 11.5 Å². The van der Waals surface area contributed by atoms with E-state index in [1.807, 2.05) is 0 Å². The van der Waals surface area contributed by atoms with Gasteiger partial charge in [-0.1, -0.05) is 6.42 Å². The molecule has 3 N–H and O–H groups in total. The normalized spacial score (nSPS) is 20.2. The van der Waals surface area contributed by atoms with Crippen molar-refractivity contribution in [3.63, 3.8) is 0 Å². The van der Waals surface area contributed by atoms with Crippen LogP contribution in [0.2, 0.25) is 0 Å². The van der Waals surface area contributed by atoms with Crippen LogP contribution in [0, 0.1) is 5.92 Å². The molecule has 0 aliphatic heterocycles. The van der Waals surface area contributed by atoms with Crippen molar-refractivity contribution in [2.75, 3.05) is 19.5 Å². The van der Waals surface area contributed by atoms with E-state index in [2.05, 4.69) is 21.2 Å². The number of hydrogen-bond donors (Lipinski definition) is 2. The Morgan fingerprint density at radius 2 is 1.95 bits per heavy atom. The van der Waals surface area contributed by atoms with E-state index in [9.17, 15) is 4.79 Å². The van der Waals surface area contributed by atoms with E-state index in [0.717, 1.165) is 23.7 Å². The van der Waals surface area contributed by atoms with Crippen molar-refractivity contribution in [1.82, 2.24) is 0 Å². The summed E-state index contributed by atoms with van der Waals surface area (Å²) in [5.41, 5.74) is 6.68. The van der Waals surface area contributed by atoms with Gasteiger partial charge in [-0.2, -0.15) is 0 Å². The summed E-state index contributed by atoms with van der Waals surface area (Å²) in [5.74, 6) is 1.45. The molecule has 5 nitrogen and oxygen atoms in total. The van der Waals surface area contributed by atoms with Crippen molar-refractivity contribution in [1.29, 1.82) is 0 Å². The summed E-state index contributed by atoms with van der Waals surface area (Å²) >= 11 is 3.43. The van der Waals surface area contributed by atoms with Crippen molar-refractivity contribution < 1.29 is 14.3 Å². The quantitative estimate of drug-likeness (QED) is 0.804. The molecule has 1 aromatic carbocycles. The highest BCUT2D eigenvalue weighted by Gasteiger charge is 2.26. The monoisotopic (exact) mass is 392 g/mol. The number of rotatable bonds is 5. The van der Waals surface area contributed by atoms with Gasteiger partial charge in [0.25, 0.3) is 0 Å². The number of hydrogen-bond acceptors (Lipinski definition) is 4. The van der Waals surface area contributed by atoms with E-state index >= 15 is 0 Å². The highest BCUT2D eigenvalue weighted by molar-refractivity contribution is 9.10. The molecule has 0 spiro atoms. The predicted octanol–water partition coefficient (Wildman–Crippen LogP) is 3.34. The van der Waals surface area contributed by atoms with E-state index < -0.39 is 0 Å². The number of benzene rings is 1. The van der Waals surface area contributed by atoms with Gasteiger partial charge < -0.3 is 20.5 Å². The van der Waals surface area contributed by atoms with Crippen molar-refractivity contribution in [3.05, 3.63) is 16.6 Å². The second kappa shape index (κ2) is 8.60. The largest absolute Gasteiger partial charge is 0.493 e. The van der Waals surface area contributed by atoms with Crippen LogP contribution in [-0.2, 0) is 4.79 Å². The second-order valence-corrected chi connectivity index (χ2v) is 6.15. The summed E-state index contributed by atoms with van der Waals surface area (Å²) in [7, 11) is 3.14. The van der Waals surface area contributed by atoms with Gasteiger partial charge in [0.15, 0.2) is 11.5 Å². The third-order valence-electron chi connectivity index (χ3n) is 3.91. The minimum Gasteiger partial charge on any atom is -0.493 e. The molecule has 1 amide bonds. The van der Waals surface area contributed by atoms with Gasteiger partial charge in [0.05, 0.1) is 19.9 Å². The molecule has 22 heavy (non-hydrogen) atoms. The van der Waals surface area contributed by atoms with Crippen LogP contribution >= 0.6 is 28.3 Å². The zero-order valence-corrected chi connectivity index (χ0v) is 15.1. The van der Waals surface area contributed by atoms with Crippen LogP contribution in [0.4, 0.5) is 5.69 Å². The highest BCUT2D eigenvalue weighted by Crippen LogP contribution is 2.36. The average molecular weight is 394 g/mol. The summed E-state index contributed by atoms with van der Waals surface area (Å²) in [6.07, 6.45) is 3.61. The first-order valence-electron chi connectivity index (χ1n) is 7.02. The summed E-state index contributed by atoms with van der Waals surface area (Å²) in [5, 5.41) is 2.91. The van der Waals surface area contributed by atoms with E-state index in [0.29, 0.717) is 23.6 Å². The van der Waals surface area contributed by atoms with Gasteiger partial charge in [-0.25, -0.2) is 0 Å². The molecule has 0 saturated heterocycles. The number of anilines is 1. The molecule has 0 unspecified atom stereocenters. The highest BCUT2D eigenvalue weighted by atomic mass is 79.9. The Morgan fingerprint density at radius 3 is 2.50 bits per heavy atom. The van der Waals surface area contributed by atoms with E-state index in [1.54, 1.807) is 26.4 Å². The SMILES string of the molecule is COc1cc(Br)c(NC(=O)C[C@@H]2CCC[C@H]2N)cc1OC.Cl.